The number of anilines is 2. The lowest BCUT2D eigenvalue weighted by Crippen LogP contribution is -2.21. The zero-order valence-electron chi connectivity index (χ0n) is 15.1. The van der Waals surface area contributed by atoms with E-state index in [1.54, 1.807) is 17.4 Å². The Kier molecular flexibility index (Phi) is 4.25. The Morgan fingerprint density at radius 1 is 1.11 bits per heavy atom. The summed E-state index contributed by atoms with van der Waals surface area (Å²) in [5, 5.41) is 13.2. The quantitative estimate of drug-likeness (QED) is 0.575. The molecule has 0 spiro atoms. The number of hydrogen-bond acceptors (Lipinski definition) is 6. The molecule has 1 aliphatic heterocycles. The number of amides is 1. The van der Waals surface area contributed by atoms with Crippen molar-refractivity contribution in [2.45, 2.75) is 12.8 Å². The molecule has 0 aliphatic carbocycles. The van der Waals surface area contributed by atoms with Gasteiger partial charge in [0.05, 0.1) is 5.69 Å². The Balaban J connectivity index is 1.32. The van der Waals surface area contributed by atoms with E-state index >= 15 is 0 Å². The average molecular weight is 390 g/mol. The molecule has 1 aliphatic rings. The summed E-state index contributed by atoms with van der Waals surface area (Å²) < 4.78 is 1.99. The Morgan fingerprint density at radius 2 is 2.00 bits per heavy atom. The van der Waals surface area contributed by atoms with Crippen LogP contribution in [0.15, 0.2) is 54.2 Å². The van der Waals surface area contributed by atoms with Crippen LogP contribution in [0.5, 0.6) is 0 Å². The van der Waals surface area contributed by atoms with Crippen LogP contribution >= 0.6 is 11.3 Å². The van der Waals surface area contributed by atoms with Crippen LogP contribution in [0.25, 0.3) is 16.2 Å². The number of imidazole rings is 1. The first-order chi connectivity index (χ1) is 13.8. The maximum atomic E-state index is 12.5. The van der Waals surface area contributed by atoms with E-state index in [1.807, 2.05) is 52.5 Å². The number of nitrogens with zero attached hydrogens (tertiary/aromatic N) is 5. The van der Waals surface area contributed by atoms with Crippen molar-refractivity contribution in [1.29, 1.82) is 0 Å². The van der Waals surface area contributed by atoms with Crippen molar-refractivity contribution in [1.82, 2.24) is 19.6 Å². The zero-order chi connectivity index (χ0) is 18.9. The highest BCUT2D eigenvalue weighted by atomic mass is 32.1. The van der Waals surface area contributed by atoms with E-state index in [-0.39, 0.29) is 5.91 Å². The minimum Gasteiger partial charge on any atom is -0.355 e. The van der Waals surface area contributed by atoms with Crippen LogP contribution < -0.4 is 10.2 Å². The molecule has 140 valence electrons. The molecule has 4 aromatic rings. The molecule has 1 aromatic carbocycles. The second-order valence-corrected chi connectivity index (χ2v) is 7.60. The van der Waals surface area contributed by atoms with Crippen molar-refractivity contribution in [2.24, 2.45) is 0 Å². The molecule has 0 radical (unpaired) electrons. The van der Waals surface area contributed by atoms with Crippen molar-refractivity contribution in [3.8, 4) is 11.3 Å². The van der Waals surface area contributed by atoms with E-state index in [1.165, 1.54) is 12.8 Å². The molecule has 5 rings (SSSR count). The first kappa shape index (κ1) is 16.9. The second kappa shape index (κ2) is 7.05. The van der Waals surface area contributed by atoms with Gasteiger partial charge in [0, 0.05) is 42.1 Å². The highest BCUT2D eigenvalue weighted by Gasteiger charge is 2.15. The standard InChI is InChI=1S/C20H18N6OS/c27-19(16-6-7-18(24-23-16)25-8-1-2-9-25)21-15-5-3-4-14(12-15)17-13-26-10-11-28-20(26)22-17/h3-7,10-13H,1-2,8-9H2,(H,21,27). The van der Waals surface area contributed by atoms with Crippen LogP contribution in [0.1, 0.15) is 23.3 Å². The van der Waals surface area contributed by atoms with Gasteiger partial charge >= 0.3 is 0 Å². The van der Waals surface area contributed by atoms with Gasteiger partial charge < -0.3 is 10.2 Å². The third kappa shape index (κ3) is 3.22. The summed E-state index contributed by atoms with van der Waals surface area (Å²) in [7, 11) is 0. The number of hydrogen-bond donors (Lipinski definition) is 1. The lowest BCUT2D eigenvalue weighted by molar-refractivity contribution is 0.102. The Hall–Kier alpha value is -3.26. The van der Waals surface area contributed by atoms with Crippen molar-refractivity contribution >= 4 is 33.7 Å². The largest absolute Gasteiger partial charge is 0.355 e. The molecule has 1 amide bonds. The number of carbonyl (C=O) groups is 1. The molecule has 4 heterocycles. The summed E-state index contributed by atoms with van der Waals surface area (Å²) in [6.45, 7) is 2.00. The maximum Gasteiger partial charge on any atom is 0.276 e. The molecule has 0 unspecified atom stereocenters. The normalized spacial score (nSPS) is 13.9. The van der Waals surface area contributed by atoms with Gasteiger partial charge in [-0.2, -0.15) is 0 Å². The van der Waals surface area contributed by atoms with E-state index in [0.717, 1.165) is 35.1 Å². The molecule has 7 nitrogen and oxygen atoms in total. The van der Waals surface area contributed by atoms with Crippen LogP contribution in [0.2, 0.25) is 0 Å². The topological polar surface area (TPSA) is 75.4 Å². The van der Waals surface area contributed by atoms with Gasteiger partial charge in [-0.05, 0) is 37.1 Å². The first-order valence-corrected chi connectivity index (χ1v) is 10.1. The lowest BCUT2D eigenvalue weighted by atomic mass is 10.1. The van der Waals surface area contributed by atoms with E-state index in [0.29, 0.717) is 11.4 Å². The Morgan fingerprint density at radius 3 is 2.79 bits per heavy atom. The molecule has 1 saturated heterocycles. The van der Waals surface area contributed by atoms with Crippen molar-refractivity contribution in [3.05, 3.63) is 59.9 Å². The molecule has 1 N–H and O–H groups in total. The molecule has 28 heavy (non-hydrogen) atoms. The molecule has 0 atom stereocenters. The molecule has 0 bridgehead atoms. The highest BCUT2D eigenvalue weighted by Crippen LogP contribution is 2.24. The fourth-order valence-corrected chi connectivity index (χ4v) is 4.08. The van der Waals surface area contributed by atoms with Gasteiger partial charge in [-0.3, -0.25) is 9.20 Å². The summed E-state index contributed by atoms with van der Waals surface area (Å²) in [5.41, 5.74) is 2.82. The minimum absolute atomic E-state index is 0.275. The summed E-state index contributed by atoms with van der Waals surface area (Å²) in [6.07, 6.45) is 6.31. The lowest BCUT2D eigenvalue weighted by Gasteiger charge is -2.15. The smallest absolute Gasteiger partial charge is 0.276 e. The van der Waals surface area contributed by atoms with Crippen LogP contribution in [-0.2, 0) is 0 Å². The number of benzene rings is 1. The second-order valence-electron chi connectivity index (χ2n) is 6.72. The van der Waals surface area contributed by atoms with Crippen LogP contribution in [0, 0.1) is 0 Å². The third-order valence-corrected chi connectivity index (χ3v) is 5.59. The fourth-order valence-electron chi connectivity index (χ4n) is 3.38. The van der Waals surface area contributed by atoms with Gasteiger partial charge in [0.15, 0.2) is 16.5 Å². The van der Waals surface area contributed by atoms with Crippen LogP contribution in [0.4, 0.5) is 11.5 Å². The van der Waals surface area contributed by atoms with Gasteiger partial charge in [-0.15, -0.1) is 21.5 Å². The van der Waals surface area contributed by atoms with Gasteiger partial charge in [0.2, 0.25) is 0 Å². The Labute approximate surface area is 165 Å². The predicted molar refractivity (Wildman–Crippen MR) is 110 cm³/mol. The third-order valence-electron chi connectivity index (χ3n) is 4.82. The SMILES string of the molecule is O=C(Nc1cccc(-c2cn3ccsc3n2)c1)c1ccc(N2CCCC2)nn1. The van der Waals surface area contributed by atoms with E-state index in [9.17, 15) is 4.79 Å². The summed E-state index contributed by atoms with van der Waals surface area (Å²) in [5.74, 6) is 0.555. The summed E-state index contributed by atoms with van der Waals surface area (Å²) >= 11 is 1.59. The zero-order valence-corrected chi connectivity index (χ0v) is 15.9. The summed E-state index contributed by atoms with van der Waals surface area (Å²) in [4.78, 5) is 20.3. The molecular formula is C20H18N6OS. The van der Waals surface area contributed by atoms with Gasteiger partial charge in [0.1, 0.15) is 0 Å². The number of nitrogens with one attached hydrogen (secondary N) is 1. The van der Waals surface area contributed by atoms with E-state index in [4.69, 9.17) is 0 Å². The average Bonchev–Trinajstić information content (AvgIpc) is 3.46. The summed E-state index contributed by atoms with van der Waals surface area (Å²) in [6, 6.07) is 11.2. The van der Waals surface area contributed by atoms with E-state index < -0.39 is 0 Å². The number of rotatable bonds is 4. The van der Waals surface area contributed by atoms with E-state index in [2.05, 4.69) is 25.4 Å². The molecule has 3 aromatic heterocycles. The predicted octanol–water partition coefficient (Wildman–Crippen LogP) is 3.71. The van der Waals surface area contributed by atoms with Crippen LogP contribution in [-0.4, -0.2) is 38.6 Å². The van der Waals surface area contributed by atoms with Crippen molar-refractivity contribution < 1.29 is 4.79 Å². The highest BCUT2D eigenvalue weighted by molar-refractivity contribution is 7.15. The van der Waals surface area contributed by atoms with Crippen molar-refractivity contribution in [2.75, 3.05) is 23.3 Å². The number of thiazole rings is 1. The maximum absolute atomic E-state index is 12.5. The number of carbonyl (C=O) groups excluding carboxylic acids is 1. The van der Waals surface area contributed by atoms with Crippen molar-refractivity contribution in [3.63, 3.8) is 0 Å². The minimum atomic E-state index is -0.275. The Bertz CT molecular complexity index is 1100. The van der Waals surface area contributed by atoms with Gasteiger partial charge in [-0.1, -0.05) is 12.1 Å². The number of fused-ring (bicyclic) bond motifs is 1. The van der Waals surface area contributed by atoms with Gasteiger partial charge in [0.25, 0.3) is 5.91 Å². The molecule has 8 heteroatoms. The fraction of sp³-hybridized carbons (Fsp3) is 0.200. The molecule has 0 saturated carbocycles. The van der Waals surface area contributed by atoms with Crippen LogP contribution in [0.3, 0.4) is 0 Å². The van der Waals surface area contributed by atoms with Gasteiger partial charge in [-0.25, -0.2) is 4.98 Å². The molecular weight excluding hydrogens is 372 g/mol. The first-order valence-electron chi connectivity index (χ1n) is 9.19. The number of aromatic nitrogens is 4. The molecule has 1 fully saturated rings. The monoisotopic (exact) mass is 390 g/mol.